The Balaban J connectivity index is 1.87. The molecule has 200 valence electrons. The zero-order chi connectivity index (χ0) is 25.4. The van der Waals surface area contributed by atoms with E-state index in [4.69, 9.17) is 23.7 Å². The van der Waals surface area contributed by atoms with Crippen molar-refractivity contribution < 1.29 is 79.9 Å². The van der Waals surface area contributed by atoms with Crippen LogP contribution >= 0.6 is 0 Å². The van der Waals surface area contributed by atoms with Crippen LogP contribution in [0.5, 0.6) is 0 Å². The van der Waals surface area contributed by atoms with Crippen molar-refractivity contribution in [3.8, 4) is 0 Å². The fraction of sp³-hybridized carbons (Fsp3) is 1.00. The van der Waals surface area contributed by atoms with Crippen LogP contribution in [0.3, 0.4) is 0 Å². The molecule has 34 heavy (non-hydrogen) atoms. The van der Waals surface area contributed by atoms with E-state index in [2.05, 4.69) is 0 Å². The van der Waals surface area contributed by atoms with Crippen LogP contribution in [-0.2, 0) is 23.7 Å². The number of aliphatic hydroxyl groups is 11. The zero-order valence-corrected chi connectivity index (χ0v) is 17.8. The number of hydrogen-bond acceptors (Lipinski definition) is 16. The molecular formula is C18H32O16. The van der Waals surface area contributed by atoms with Crippen molar-refractivity contribution >= 4 is 0 Å². The zero-order valence-electron chi connectivity index (χ0n) is 17.8. The lowest BCUT2D eigenvalue weighted by molar-refractivity contribution is -0.399. The maximum Gasteiger partial charge on any atom is 0.224 e. The van der Waals surface area contributed by atoms with Gasteiger partial charge in [-0.25, -0.2) is 0 Å². The smallest absolute Gasteiger partial charge is 0.224 e. The van der Waals surface area contributed by atoms with Crippen molar-refractivity contribution in [3.63, 3.8) is 0 Å². The van der Waals surface area contributed by atoms with E-state index in [1.165, 1.54) is 0 Å². The van der Waals surface area contributed by atoms with E-state index in [0.29, 0.717) is 0 Å². The van der Waals surface area contributed by atoms with Crippen LogP contribution in [0.15, 0.2) is 0 Å². The van der Waals surface area contributed by atoms with Gasteiger partial charge in [0.05, 0.1) is 19.8 Å². The first-order valence-electron chi connectivity index (χ1n) is 10.5. The molecule has 0 spiro atoms. The largest absolute Gasteiger partial charge is 0.394 e. The third-order valence-electron chi connectivity index (χ3n) is 6.27. The van der Waals surface area contributed by atoms with E-state index in [0.717, 1.165) is 0 Å². The van der Waals surface area contributed by atoms with E-state index in [9.17, 15) is 56.2 Å². The average molecular weight is 504 g/mol. The van der Waals surface area contributed by atoms with Gasteiger partial charge >= 0.3 is 0 Å². The fourth-order valence-corrected chi connectivity index (χ4v) is 4.14. The molecule has 0 aromatic heterocycles. The molecule has 0 amide bonds. The third-order valence-corrected chi connectivity index (χ3v) is 6.27. The van der Waals surface area contributed by atoms with Crippen LogP contribution < -0.4 is 0 Å². The molecule has 0 aromatic rings. The number of ether oxygens (including phenoxy) is 5. The van der Waals surface area contributed by atoms with E-state index in [1.807, 2.05) is 0 Å². The number of rotatable bonds is 9. The molecule has 0 saturated carbocycles. The maximum atomic E-state index is 10.7. The summed E-state index contributed by atoms with van der Waals surface area (Å²) in [5.41, 5.74) is 0. The minimum atomic E-state index is -2.49. The van der Waals surface area contributed by atoms with Gasteiger partial charge in [-0.3, -0.25) is 0 Å². The van der Waals surface area contributed by atoms with Crippen LogP contribution in [0.2, 0.25) is 0 Å². The first-order chi connectivity index (χ1) is 16.0. The molecule has 11 N–H and O–H groups in total. The molecule has 0 radical (unpaired) electrons. The van der Waals surface area contributed by atoms with Gasteiger partial charge in [0.15, 0.2) is 6.29 Å². The molecule has 13 atom stereocenters. The number of aliphatic hydroxyl groups excluding tert-OH is 11. The quantitative estimate of drug-likeness (QED) is 0.139. The van der Waals surface area contributed by atoms with Crippen molar-refractivity contribution in [2.24, 2.45) is 0 Å². The Morgan fingerprint density at radius 1 is 0.588 bits per heavy atom. The maximum absolute atomic E-state index is 10.7. The van der Waals surface area contributed by atoms with Gasteiger partial charge in [0.25, 0.3) is 0 Å². The number of hydrogen-bond donors (Lipinski definition) is 11. The molecule has 16 nitrogen and oxygen atoms in total. The van der Waals surface area contributed by atoms with Crippen LogP contribution in [0.4, 0.5) is 0 Å². The molecule has 0 unspecified atom stereocenters. The normalized spacial score (nSPS) is 51.8. The molecule has 0 bridgehead atoms. The summed E-state index contributed by atoms with van der Waals surface area (Å²) >= 11 is 0. The van der Waals surface area contributed by atoms with Gasteiger partial charge in [-0.2, -0.15) is 0 Å². The predicted molar refractivity (Wildman–Crippen MR) is 101 cm³/mol. The van der Waals surface area contributed by atoms with Crippen LogP contribution in [0.1, 0.15) is 0 Å². The molecule has 3 heterocycles. The highest BCUT2D eigenvalue weighted by atomic mass is 16.8. The summed E-state index contributed by atoms with van der Waals surface area (Å²) in [5, 5.41) is 109. The van der Waals surface area contributed by atoms with Gasteiger partial charge in [0.2, 0.25) is 11.6 Å². The standard InChI is InChI=1S/C18H32O16/c19-1-6-9(23)12(26)13(27)16(31-6)34-18(15(29)11(25)8(3-21)33-18)5-30-17(4-22)14(28)10(24)7(2-20)32-17/h6-16,19-29H,1-5H2/t6-,7+,8+,9+,10-,11-,12-,13-,14-,15-,16+,17+,18-/m0/s1. The fourth-order valence-electron chi connectivity index (χ4n) is 4.14. The molecule has 3 aliphatic rings. The second-order valence-electron chi connectivity index (χ2n) is 8.43. The highest BCUT2D eigenvalue weighted by Crippen LogP contribution is 2.39. The molecule has 0 aliphatic carbocycles. The summed E-state index contributed by atoms with van der Waals surface area (Å²) in [6.07, 6.45) is -19.0. The van der Waals surface area contributed by atoms with Crippen molar-refractivity contribution in [2.45, 2.75) is 78.9 Å². The van der Waals surface area contributed by atoms with Crippen molar-refractivity contribution in [3.05, 3.63) is 0 Å². The summed E-state index contributed by atoms with van der Waals surface area (Å²) in [6, 6.07) is 0. The summed E-state index contributed by atoms with van der Waals surface area (Å²) in [7, 11) is 0. The lowest BCUT2D eigenvalue weighted by Gasteiger charge is -2.44. The van der Waals surface area contributed by atoms with E-state index < -0.39 is 112 Å². The Bertz CT molecular complexity index is 668. The predicted octanol–water partition coefficient (Wildman–Crippen LogP) is -7.57. The molecule has 3 saturated heterocycles. The lowest BCUT2D eigenvalue weighted by atomic mass is 9.99. The second-order valence-corrected chi connectivity index (χ2v) is 8.43. The Kier molecular flexibility index (Phi) is 8.85. The van der Waals surface area contributed by atoms with Gasteiger partial charge < -0.3 is 79.9 Å². The van der Waals surface area contributed by atoms with Gasteiger partial charge in [-0.05, 0) is 0 Å². The van der Waals surface area contributed by atoms with E-state index >= 15 is 0 Å². The monoisotopic (exact) mass is 504 g/mol. The molecule has 0 aromatic carbocycles. The minimum absolute atomic E-state index is 0.750. The summed E-state index contributed by atoms with van der Waals surface area (Å²) in [5.74, 6) is -4.84. The van der Waals surface area contributed by atoms with Crippen LogP contribution in [0, 0.1) is 0 Å². The average Bonchev–Trinajstić information content (AvgIpc) is 3.23. The molecule has 3 fully saturated rings. The van der Waals surface area contributed by atoms with E-state index in [-0.39, 0.29) is 0 Å². The first kappa shape index (κ1) is 27.9. The van der Waals surface area contributed by atoms with Crippen molar-refractivity contribution in [1.82, 2.24) is 0 Å². The van der Waals surface area contributed by atoms with Gasteiger partial charge in [0, 0.05) is 0 Å². The Morgan fingerprint density at radius 2 is 1.09 bits per heavy atom. The van der Waals surface area contributed by atoms with Crippen molar-refractivity contribution in [1.29, 1.82) is 0 Å². The van der Waals surface area contributed by atoms with Crippen LogP contribution in [-0.4, -0.2) is 168 Å². The van der Waals surface area contributed by atoms with Crippen LogP contribution in [0.25, 0.3) is 0 Å². The summed E-state index contributed by atoms with van der Waals surface area (Å²) in [6.45, 7) is -4.40. The second kappa shape index (κ2) is 10.8. The van der Waals surface area contributed by atoms with Gasteiger partial charge in [-0.1, -0.05) is 0 Å². The lowest BCUT2D eigenvalue weighted by Crippen LogP contribution is -2.63. The minimum Gasteiger partial charge on any atom is -0.394 e. The topological polar surface area (TPSA) is 269 Å². The Morgan fingerprint density at radius 3 is 1.56 bits per heavy atom. The Labute approximate surface area is 192 Å². The van der Waals surface area contributed by atoms with Crippen molar-refractivity contribution in [2.75, 3.05) is 33.0 Å². The SMILES string of the molecule is OC[C@@H]1O[C@H](O[C@]2(CO[C@]3(CO)O[C@H](CO)[C@H](O)[C@@H]3O)O[C@H](CO)[C@H](O)[C@@H]2O)[C@@H](O)[C@@H](O)[C@@H]1O. The molecular weight excluding hydrogens is 472 g/mol. The third kappa shape index (κ3) is 4.71. The Hall–Kier alpha value is -0.640. The summed E-state index contributed by atoms with van der Waals surface area (Å²) < 4.78 is 26.9. The molecule has 16 heteroatoms. The molecule has 3 aliphatic heterocycles. The highest BCUT2D eigenvalue weighted by molar-refractivity contribution is 5.01. The first-order valence-corrected chi connectivity index (χ1v) is 10.5. The van der Waals surface area contributed by atoms with E-state index in [1.54, 1.807) is 0 Å². The summed E-state index contributed by atoms with van der Waals surface area (Å²) in [4.78, 5) is 0. The molecule has 3 rings (SSSR count). The van der Waals surface area contributed by atoms with Gasteiger partial charge in [-0.15, -0.1) is 0 Å². The highest BCUT2D eigenvalue weighted by Gasteiger charge is 2.62. The van der Waals surface area contributed by atoms with Gasteiger partial charge in [0.1, 0.15) is 74.3 Å².